The van der Waals surface area contributed by atoms with Gasteiger partial charge in [0.05, 0.1) is 34.4 Å². The van der Waals surface area contributed by atoms with Gasteiger partial charge in [0.2, 0.25) is 0 Å². The first-order valence-electron chi connectivity index (χ1n) is 18.1. The van der Waals surface area contributed by atoms with Crippen molar-refractivity contribution < 1.29 is 37.3 Å². The lowest BCUT2D eigenvalue weighted by Gasteiger charge is -2.24. The number of carbonyl (C=O) groups is 1. The summed E-state index contributed by atoms with van der Waals surface area (Å²) in [6, 6.07) is 0. The Balaban J connectivity index is 4.28. The van der Waals surface area contributed by atoms with Crippen molar-refractivity contribution in [3.63, 3.8) is 0 Å². The predicted molar refractivity (Wildman–Crippen MR) is 187 cm³/mol. The fourth-order valence-corrected chi connectivity index (χ4v) is 5.38. The Labute approximate surface area is 277 Å². The van der Waals surface area contributed by atoms with E-state index in [2.05, 4.69) is 38.2 Å². The molecule has 0 radical (unpaired) electrons. The van der Waals surface area contributed by atoms with Crippen molar-refractivity contribution >= 4 is 13.8 Å². The standard InChI is InChI=1S/C36H70NO7P/c1-6-8-10-12-14-15-16-17-18-19-20-21-22-23-25-27-29-36(38)44-35(33-41-31-28-26-24-13-11-9-7-2)34-43-45(39,40)42-32-30-37(3,4)5/h15-16,18-19,35H,6-14,17,20-34H2,1-5H3/p+1/b16-15-,19-18-. The zero-order valence-electron chi connectivity index (χ0n) is 29.9. The second kappa shape index (κ2) is 30.3. The van der Waals surface area contributed by atoms with E-state index in [-0.39, 0.29) is 25.8 Å². The van der Waals surface area contributed by atoms with Gasteiger partial charge in [-0.15, -0.1) is 0 Å². The van der Waals surface area contributed by atoms with Crippen molar-refractivity contribution in [2.45, 2.75) is 148 Å². The minimum absolute atomic E-state index is 0.0867. The molecule has 0 aliphatic heterocycles. The summed E-state index contributed by atoms with van der Waals surface area (Å²) < 4.78 is 34.6. The lowest BCUT2D eigenvalue weighted by molar-refractivity contribution is -0.870. The first-order chi connectivity index (χ1) is 21.6. The zero-order chi connectivity index (χ0) is 33.5. The minimum atomic E-state index is -4.26. The van der Waals surface area contributed by atoms with E-state index < -0.39 is 13.9 Å². The van der Waals surface area contributed by atoms with Crippen molar-refractivity contribution in [3.05, 3.63) is 24.3 Å². The third-order valence-electron chi connectivity index (χ3n) is 7.52. The van der Waals surface area contributed by atoms with Crippen molar-refractivity contribution in [2.24, 2.45) is 0 Å². The molecule has 0 saturated heterocycles. The Morgan fingerprint density at radius 3 is 1.82 bits per heavy atom. The van der Waals surface area contributed by atoms with Crippen LogP contribution >= 0.6 is 7.82 Å². The van der Waals surface area contributed by atoms with Crippen LogP contribution in [0, 0.1) is 0 Å². The van der Waals surface area contributed by atoms with Crippen LogP contribution in [0.2, 0.25) is 0 Å². The van der Waals surface area contributed by atoms with E-state index in [1.54, 1.807) is 0 Å². The van der Waals surface area contributed by atoms with Crippen molar-refractivity contribution in [3.8, 4) is 0 Å². The first kappa shape index (κ1) is 44.0. The normalized spacial score (nSPS) is 14.4. The number of hydrogen-bond acceptors (Lipinski definition) is 6. The maximum Gasteiger partial charge on any atom is 0.472 e. The number of phosphoric acid groups is 1. The molecule has 0 amide bonds. The first-order valence-corrected chi connectivity index (χ1v) is 19.6. The second-order valence-electron chi connectivity index (χ2n) is 13.3. The molecule has 0 spiro atoms. The third-order valence-corrected chi connectivity index (χ3v) is 8.50. The molecule has 0 aromatic heterocycles. The molecule has 0 aliphatic rings. The van der Waals surface area contributed by atoms with Crippen LogP contribution in [0.3, 0.4) is 0 Å². The SMILES string of the molecule is CCCCCC/C=C\C/C=C\CCCCCCCC(=O)OC(COCCCCCCCCC)COP(=O)(O)OCC[N+](C)(C)C. The van der Waals surface area contributed by atoms with Crippen LogP contribution in [0.5, 0.6) is 0 Å². The summed E-state index contributed by atoms with van der Waals surface area (Å²) >= 11 is 0. The van der Waals surface area contributed by atoms with Crippen LogP contribution < -0.4 is 0 Å². The van der Waals surface area contributed by atoms with Crippen molar-refractivity contribution in [1.29, 1.82) is 0 Å². The molecule has 8 nitrogen and oxygen atoms in total. The number of allylic oxidation sites excluding steroid dienone is 4. The number of carbonyl (C=O) groups excluding carboxylic acids is 1. The van der Waals surface area contributed by atoms with E-state index in [0.29, 0.717) is 24.1 Å². The number of nitrogens with zero attached hydrogens (tertiary/aromatic N) is 1. The minimum Gasteiger partial charge on any atom is -0.457 e. The fraction of sp³-hybridized carbons (Fsp3) is 0.861. The van der Waals surface area contributed by atoms with E-state index in [4.69, 9.17) is 18.5 Å². The fourth-order valence-electron chi connectivity index (χ4n) is 4.64. The number of unbranched alkanes of at least 4 members (excludes halogenated alkanes) is 15. The Morgan fingerprint density at radius 1 is 0.689 bits per heavy atom. The smallest absolute Gasteiger partial charge is 0.457 e. The number of hydrogen-bond donors (Lipinski definition) is 1. The molecule has 2 unspecified atom stereocenters. The molecule has 45 heavy (non-hydrogen) atoms. The maximum absolute atomic E-state index is 12.6. The molecule has 0 aliphatic carbocycles. The molecule has 0 bridgehead atoms. The van der Waals surface area contributed by atoms with Gasteiger partial charge in [0.15, 0.2) is 0 Å². The summed E-state index contributed by atoms with van der Waals surface area (Å²) in [5.74, 6) is -0.330. The molecule has 0 aromatic carbocycles. The summed E-state index contributed by atoms with van der Waals surface area (Å²) in [5, 5.41) is 0. The highest BCUT2D eigenvalue weighted by Crippen LogP contribution is 2.43. The Morgan fingerprint density at radius 2 is 1.22 bits per heavy atom. The highest BCUT2D eigenvalue weighted by molar-refractivity contribution is 7.47. The van der Waals surface area contributed by atoms with Gasteiger partial charge in [-0.2, -0.15) is 0 Å². The Kier molecular flexibility index (Phi) is 29.6. The quantitative estimate of drug-likeness (QED) is 0.0246. The van der Waals surface area contributed by atoms with E-state index in [1.165, 1.54) is 64.2 Å². The molecular formula is C36H71NO7P+. The van der Waals surface area contributed by atoms with E-state index in [9.17, 15) is 14.3 Å². The summed E-state index contributed by atoms with van der Waals surface area (Å²) in [6.45, 7) is 5.54. The van der Waals surface area contributed by atoms with Crippen LogP contribution in [0.25, 0.3) is 0 Å². The molecule has 0 rings (SSSR count). The van der Waals surface area contributed by atoms with Crippen LogP contribution in [0.4, 0.5) is 0 Å². The number of ether oxygens (including phenoxy) is 2. The summed E-state index contributed by atoms with van der Waals surface area (Å²) in [4.78, 5) is 22.7. The largest absolute Gasteiger partial charge is 0.472 e. The van der Waals surface area contributed by atoms with Gasteiger partial charge in [-0.25, -0.2) is 4.57 Å². The van der Waals surface area contributed by atoms with E-state index in [0.717, 1.165) is 57.8 Å². The molecule has 0 fully saturated rings. The molecular weight excluding hydrogens is 589 g/mol. The molecule has 0 heterocycles. The van der Waals surface area contributed by atoms with Crippen LogP contribution in [-0.2, 0) is 27.9 Å². The third kappa shape index (κ3) is 34.1. The lowest BCUT2D eigenvalue weighted by atomic mass is 10.1. The summed E-state index contributed by atoms with van der Waals surface area (Å²) in [6.07, 6.45) is 30.6. The van der Waals surface area contributed by atoms with Gasteiger partial charge in [0.25, 0.3) is 0 Å². The number of rotatable bonds is 33. The zero-order valence-corrected chi connectivity index (χ0v) is 30.7. The van der Waals surface area contributed by atoms with Gasteiger partial charge < -0.3 is 18.9 Å². The van der Waals surface area contributed by atoms with Gasteiger partial charge in [-0.1, -0.05) is 115 Å². The van der Waals surface area contributed by atoms with Gasteiger partial charge in [0.1, 0.15) is 19.3 Å². The van der Waals surface area contributed by atoms with Crippen LogP contribution in [-0.4, -0.2) is 75.6 Å². The molecule has 1 N–H and O–H groups in total. The van der Waals surface area contributed by atoms with E-state index >= 15 is 0 Å². The maximum atomic E-state index is 12.6. The molecule has 2 atom stereocenters. The highest BCUT2D eigenvalue weighted by atomic mass is 31.2. The molecule has 9 heteroatoms. The Bertz CT molecular complexity index is 782. The van der Waals surface area contributed by atoms with Crippen LogP contribution in [0.1, 0.15) is 142 Å². The van der Waals surface area contributed by atoms with Gasteiger partial charge in [0, 0.05) is 13.0 Å². The average molecular weight is 661 g/mol. The number of phosphoric ester groups is 1. The summed E-state index contributed by atoms with van der Waals surface area (Å²) in [5.41, 5.74) is 0. The summed E-state index contributed by atoms with van der Waals surface area (Å²) in [7, 11) is 1.66. The van der Waals surface area contributed by atoms with Crippen LogP contribution in [0.15, 0.2) is 24.3 Å². The molecule has 266 valence electrons. The highest BCUT2D eigenvalue weighted by Gasteiger charge is 2.26. The lowest BCUT2D eigenvalue weighted by Crippen LogP contribution is -2.37. The topological polar surface area (TPSA) is 91.3 Å². The number of esters is 1. The van der Waals surface area contributed by atoms with Gasteiger partial charge >= 0.3 is 13.8 Å². The van der Waals surface area contributed by atoms with Gasteiger partial charge in [-0.05, 0) is 44.9 Å². The Hall–Kier alpha value is -1.02. The molecule has 0 saturated carbocycles. The molecule has 0 aromatic rings. The number of likely N-dealkylation sites (N-methyl/N-ethyl adjacent to an activating group) is 1. The van der Waals surface area contributed by atoms with Gasteiger partial charge in [-0.3, -0.25) is 13.8 Å². The van der Waals surface area contributed by atoms with Crippen molar-refractivity contribution in [2.75, 3.05) is 54.1 Å². The average Bonchev–Trinajstić information content (AvgIpc) is 2.98. The second-order valence-corrected chi connectivity index (χ2v) is 14.7. The monoisotopic (exact) mass is 660 g/mol. The number of quaternary nitrogens is 1. The van der Waals surface area contributed by atoms with Crippen molar-refractivity contribution in [1.82, 2.24) is 0 Å². The van der Waals surface area contributed by atoms with E-state index in [1.807, 2.05) is 21.1 Å². The predicted octanol–water partition coefficient (Wildman–Crippen LogP) is 9.71.